The van der Waals surface area contributed by atoms with E-state index in [1.807, 2.05) is 17.0 Å². The molecule has 0 radical (unpaired) electrons. The topological polar surface area (TPSA) is 36.0 Å². The van der Waals surface area contributed by atoms with Gasteiger partial charge in [-0.25, -0.2) is 4.79 Å². The minimum Gasteiger partial charge on any atom is -0.449 e. The first-order valence-corrected chi connectivity index (χ1v) is 12.2. The third kappa shape index (κ3) is 6.66. The molecule has 3 rings (SSSR count). The molecule has 7 heteroatoms. The lowest BCUT2D eigenvalue weighted by molar-refractivity contribution is 0.0852. The number of hydrogen-bond donors (Lipinski definition) is 0. The van der Waals surface area contributed by atoms with Crippen LogP contribution in [0.15, 0.2) is 18.2 Å². The van der Waals surface area contributed by atoms with E-state index >= 15 is 0 Å². The number of amides is 1. The van der Waals surface area contributed by atoms with Crippen molar-refractivity contribution in [3.05, 3.63) is 28.2 Å². The van der Waals surface area contributed by atoms with Crippen molar-refractivity contribution in [2.24, 2.45) is 5.92 Å². The standard InChI is InChI=1S/C23H35Cl2N3O2/c1-2-3-18-30-23(29)28-12-9-19(10-13-28)6-5-11-26-14-16-27(17-15-26)21-8-4-7-20(24)22(21)25/h4,7-8,19H,2-3,5-6,9-18H2,1H3. The lowest BCUT2D eigenvalue weighted by atomic mass is 9.92. The van der Waals surface area contributed by atoms with Crippen LogP contribution in [-0.2, 0) is 4.74 Å². The van der Waals surface area contributed by atoms with Crippen LogP contribution in [0.3, 0.4) is 0 Å². The molecular weight excluding hydrogens is 421 g/mol. The lowest BCUT2D eigenvalue weighted by Gasteiger charge is -2.37. The number of halogens is 2. The van der Waals surface area contributed by atoms with Gasteiger partial charge in [0, 0.05) is 39.3 Å². The summed E-state index contributed by atoms with van der Waals surface area (Å²) in [6.07, 6.45) is 6.55. The van der Waals surface area contributed by atoms with Crippen LogP contribution in [0.4, 0.5) is 10.5 Å². The Hall–Kier alpha value is -1.17. The maximum Gasteiger partial charge on any atom is 0.409 e. The van der Waals surface area contributed by atoms with Gasteiger partial charge in [-0.15, -0.1) is 0 Å². The highest BCUT2D eigenvalue weighted by molar-refractivity contribution is 6.43. The Morgan fingerprint density at radius 1 is 1.07 bits per heavy atom. The summed E-state index contributed by atoms with van der Waals surface area (Å²) >= 11 is 12.5. The molecule has 0 aromatic heterocycles. The number of carbonyl (C=O) groups is 1. The third-order valence-corrected chi connectivity index (χ3v) is 7.14. The fourth-order valence-electron chi connectivity index (χ4n) is 4.35. The summed E-state index contributed by atoms with van der Waals surface area (Å²) < 4.78 is 5.33. The fraction of sp³-hybridized carbons (Fsp3) is 0.696. The third-order valence-electron chi connectivity index (χ3n) is 6.33. The molecule has 30 heavy (non-hydrogen) atoms. The van der Waals surface area contributed by atoms with Gasteiger partial charge in [-0.1, -0.05) is 42.6 Å². The number of hydrogen-bond acceptors (Lipinski definition) is 4. The maximum absolute atomic E-state index is 12.0. The zero-order chi connectivity index (χ0) is 21.3. The van der Waals surface area contributed by atoms with E-state index in [1.165, 1.54) is 12.8 Å². The highest BCUT2D eigenvalue weighted by Gasteiger charge is 2.24. The van der Waals surface area contributed by atoms with Gasteiger partial charge in [-0.2, -0.15) is 0 Å². The molecule has 2 fully saturated rings. The predicted octanol–water partition coefficient (Wildman–Crippen LogP) is 5.54. The van der Waals surface area contributed by atoms with Crippen LogP contribution in [0.25, 0.3) is 0 Å². The zero-order valence-electron chi connectivity index (χ0n) is 18.1. The van der Waals surface area contributed by atoms with Gasteiger partial charge >= 0.3 is 6.09 Å². The van der Waals surface area contributed by atoms with Gasteiger partial charge in [0.1, 0.15) is 0 Å². The minimum atomic E-state index is -0.125. The number of benzene rings is 1. The largest absolute Gasteiger partial charge is 0.449 e. The number of nitrogens with zero attached hydrogens (tertiary/aromatic N) is 3. The molecule has 0 atom stereocenters. The second-order valence-corrected chi connectivity index (χ2v) is 9.23. The monoisotopic (exact) mass is 455 g/mol. The second-order valence-electron chi connectivity index (χ2n) is 8.44. The number of ether oxygens (including phenoxy) is 1. The first-order chi connectivity index (χ1) is 14.6. The number of unbranched alkanes of at least 4 members (excludes halogenated alkanes) is 1. The molecule has 2 aliphatic rings. The number of piperazine rings is 1. The average molecular weight is 456 g/mol. The normalized spacial score (nSPS) is 18.6. The van der Waals surface area contributed by atoms with Crippen molar-refractivity contribution >= 4 is 35.0 Å². The van der Waals surface area contributed by atoms with Crippen molar-refractivity contribution < 1.29 is 9.53 Å². The number of rotatable bonds is 8. The molecule has 1 amide bonds. The molecule has 1 aromatic rings. The Balaban J connectivity index is 1.30. The van der Waals surface area contributed by atoms with Crippen LogP contribution in [-0.4, -0.2) is 68.3 Å². The molecule has 5 nitrogen and oxygen atoms in total. The summed E-state index contributed by atoms with van der Waals surface area (Å²) in [6.45, 7) is 9.58. The Morgan fingerprint density at radius 3 is 2.50 bits per heavy atom. The summed E-state index contributed by atoms with van der Waals surface area (Å²) in [5, 5.41) is 1.28. The van der Waals surface area contributed by atoms with E-state index in [0.717, 1.165) is 83.1 Å². The van der Waals surface area contributed by atoms with Gasteiger partial charge in [0.05, 0.1) is 22.3 Å². The molecule has 0 aliphatic carbocycles. The summed E-state index contributed by atoms with van der Waals surface area (Å²) in [6, 6.07) is 5.85. The van der Waals surface area contributed by atoms with E-state index in [1.54, 1.807) is 0 Å². The van der Waals surface area contributed by atoms with Gasteiger partial charge in [-0.3, -0.25) is 4.90 Å². The number of anilines is 1. The van der Waals surface area contributed by atoms with E-state index in [4.69, 9.17) is 27.9 Å². The lowest BCUT2D eigenvalue weighted by Crippen LogP contribution is -2.46. The molecule has 2 heterocycles. The van der Waals surface area contributed by atoms with E-state index in [-0.39, 0.29) is 6.09 Å². The molecule has 2 saturated heterocycles. The number of likely N-dealkylation sites (tertiary alicyclic amines) is 1. The highest BCUT2D eigenvalue weighted by Crippen LogP contribution is 2.33. The van der Waals surface area contributed by atoms with E-state index in [0.29, 0.717) is 16.7 Å². The van der Waals surface area contributed by atoms with Gasteiger partial charge in [0.2, 0.25) is 0 Å². The first-order valence-electron chi connectivity index (χ1n) is 11.4. The van der Waals surface area contributed by atoms with Crippen molar-refractivity contribution in [1.82, 2.24) is 9.80 Å². The van der Waals surface area contributed by atoms with Crippen LogP contribution in [0.5, 0.6) is 0 Å². The summed E-state index contributed by atoms with van der Waals surface area (Å²) in [5.74, 6) is 0.733. The molecule has 2 aliphatic heterocycles. The Kier molecular flexibility index (Phi) is 9.41. The molecule has 168 valence electrons. The Morgan fingerprint density at radius 2 is 1.80 bits per heavy atom. The smallest absolute Gasteiger partial charge is 0.409 e. The second kappa shape index (κ2) is 12.0. The van der Waals surface area contributed by atoms with Gasteiger partial charge < -0.3 is 14.5 Å². The summed E-state index contributed by atoms with van der Waals surface area (Å²) in [4.78, 5) is 18.8. The zero-order valence-corrected chi connectivity index (χ0v) is 19.6. The first kappa shape index (κ1) is 23.5. The van der Waals surface area contributed by atoms with Crippen molar-refractivity contribution in [3.8, 4) is 0 Å². The summed E-state index contributed by atoms with van der Waals surface area (Å²) in [7, 11) is 0. The molecule has 0 unspecified atom stereocenters. The van der Waals surface area contributed by atoms with Crippen LogP contribution in [0.1, 0.15) is 45.4 Å². The Labute approximate surface area is 191 Å². The number of piperidine rings is 1. The van der Waals surface area contributed by atoms with Crippen molar-refractivity contribution in [2.45, 2.75) is 45.4 Å². The van der Waals surface area contributed by atoms with Gasteiger partial charge in [-0.05, 0) is 56.7 Å². The molecule has 0 spiro atoms. The highest BCUT2D eigenvalue weighted by atomic mass is 35.5. The Bertz CT molecular complexity index is 672. The number of carbonyl (C=O) groups excluding carboxylic acids is 1. The van der Waals surface area contributed by atoms with E-state index in [2.05, 4.69) is 22.8 Å². The van der Waals surface area contributed by atoms with Crippen LogP contribution in [0, 0.1) is 5.92 Å². The van der Waals surface area contributed by atoms with E-state index < -0.39 is 0 Å². The molecule has 0 N–H and O–H groups in total. The quantitative estimate of drug-likeness (QED) is 0.481. The predicted molar refractivity (Wildman–Crippen MR) is 125 cm³/mol. The van der Waals surface area contributed by atoms with E-state index in [9.17, 15) is 4.79 Å². The molecular formula is C23H35Cl2N3O2. The maximum atomic E-state index is 12.0. The molecule has 1 aromatic carbocycles. The average Bonchev–Trinajstić information content (AvgIpc) is 2.77. The minimum absolute atomic E-state index is 0.125. The fourth-order valence-corrected chi connectivity index (χ4v) is 4.77. The van der Waals surface area contributed by atoms with Crippen molar-refractivity contribution in [1.29, 1.82) is 0 Å². The molecule has 0 bridgehead atoms. The van der Waals surface area contributed by atoms with Crippen molar-refractivity contribution in [2.75, 3.05) is 57.3 Å². The van der Waals surface area contributed by atoms with Crippen LogP contribution in [0.2, 0.25) is 10.0 Å². The molecule has 0 saturated carbocycles. The summed E-state index contributed by atoms with van der Waals surface area (Å²) in [5.41, 5.74) is 1.05. The van der Waals surface area contributed by atoms with Crippen LogP contribution < -0.4 is 4.90 Å². The SMILES string of the molecule is CCCCOC(=O)N1CCC(CCCN2CCN(c3cccc(Cl)c3Cl)CC2)CC1. The van der Waals surface area contributed by atoms with Crippen LogP contribution >= 0.6 is 23.2 Å². The van der Waals surface area contributed by atoms with Crippen molar-refractivity contribution in [3.63, 3.8) is 0 Å². The van der Waals surface area contributed by atoms with Gasteiger partial charge in [0.25, 0.3) is 0 Å². The van der Waals surface area contributed by atoms with Gasteiger partial charge in [0.15, 0.2) is 0 Å².